The van der Waals surface area contributed by atoms with Gasteiger partial charge in [0, 0.05) is 13.1 Å². The van der Waals surface area contributed by atoms with Crippen molar-refractivity contribution in [2.45, 2.75) is 45.4 Å². The highest BCUT2D eigenvalue weighted by Crippen LogP contribution is 2.36. The Labute approximate surface area is 142 Å². The molecule has 0 spiro atoms. The molecule has 2 aliphatic heterocycles. The molecule has 2 atom stereocenters. The molecule has 24 heavy (non-hydrogen) atoms. The number of ether oxygens (including phenoxy) is 1. The molecule has 6 heteroatoms. The smallest absolute Gasteiger partial charge is 0.250 e. The lowest BCUT2D eigenvalue weighted by Gasteiger charge is -2.43. The molecule has 6 nitrogen and oxygen atoms in total. The van der Waals surface area contributed by atoms with Crippen molar-refractivity contribution in [3.05, 3.63) is 24.3 Å². The van der Waals surface area contributed by atoms with Gasteiger partial charge in [-0.3, -0.25) is 19.4 Å². The molecule has 130 valence electrons. The second-order valence-electron chi connectivity index (χ2n) is 7.21. The fourth-order valence-corrected chi connectivity index (χ4v) is 3.57. The first kappa shape index (κ1) is 16.9. The first-order valence-corrected chi connectivity index (χ1v) is 8.40. The van der Waals surface area contributed by atoms with Gasteiger partial charge in [0.25, 0.3) is 0 Å². The van der Waals surface area contributed by atoms with Crippen molar-refractivity contribution in [2.75, 3.05) is 29.9 Å². The van der Waals surface area contributed by atoms with Crippen molar-refractivity contribution in [3.63, 3.8) is 0 Å². The van der Waals surface area contributed by atoms with E-state index in [4.69, 9.17) is 4.74 Å². The topological polar surface area (TPSA) is 61.9 Å². The van der Waals surface area contributed by atoms with E-state index in [9.17, 15) is 9.59 Å². The number of para-hydroxylation sites is 2. The molecule has 1 saturated heterocycles. The van der Waals surface area contributed by atoms with Crippen molar-refractivity contribution in [3.8, 4) is 0 Å². The summed E-state index contributed by atoms with van der Waals surface area (Å²) in [6.45, 7) is 9.31. The van der Waals surface area contributed by atoms with E-state index in [1.165, 1.54) is 0 Å². The van der Waals surface area contributed by atoms with Crippen LogP contribution in [-0.4, -0.2) is 54.1 Å². The maximum Gasteiger partial charge on any atom is 0.250 e. The van der Waals surface area contributed by atoms with Gasteiger partial charge in [0.1, 0.15) is 5.54 Å². The zero-order valence-corrected chi connectivity index (χ0v) is 14.7. The number of nitrogens with one attached hydrogen (secondary N) is 1. The normalized spacial score (nSPS) is 26.7. The van der Waals surface area contributed by atoms with Gasteiger partial charge in [-0.15, -0.1) is 0 Å². The molecule has 1 aromatic rings. The fourth-order valence-electron chi connectivity index (χ4n) is 3.57. The van der Waals surface area contributed by atoms with Crippen LogP contribution >= 0.6 is 0 Å². The summed E-state index contributed by atoms with van der Waals surface area (Å²) in [7, 11) is 0. The monoisotopic (exact) mass is 331 g/mol. The summed E-state index contributed by atoms with van der Waals surface area (Å²) in [4.78, 5) is 29.3. The van der Waals surface area contributed by atoms with Crippen LogP contribution in [0.3, 0.4) is 0 Å². The van der Waals surface area contributed by atoms with Gasteiger partial charge in [0.15, 0.2) is 0 Å². The first-order valence-electron chi connectivity index (χ1n) is 8.40. The van der Waals surface area contributed by atoms with E-state index in [1.54, 1.807) is 18.7 Å². The lowest BCUT2D eigenvalue weighted by Crippen LogP contribution is -2.61. The Hall–Kier alpha value is -1.92. The van der Waals surface area contributed by atoms with Crippen LogP contribution < -0.4 is 10.2 Å². The van der Waals surface area contributed by atoms with Crippen molar-refractivity contribution in [2.24, 2.45) is 0 Å². The highest BCUT2D eigenvalue weighted by atomic mass is 16.5. The number of nitrogens with zero attached hydrogens (tertiary/aromatic N) is 2. The third-order valence-electron chi connectivity index (χ3n) is 4.61. The minimum atomic E-state index is -0.922. The lowest BCUT2D eigenvalue weighted by molar-refractivity contribution is -0.129. The number of hydrogen-bond acceptors (Lipinski definition) is 4. The summed E-state index contributed by atoms with van der Waals surface area (Å²) in [5.74, 6) is -0.234. The highest BCUT2D eigenvalue weighted by Gasteiger charge is 2.43. The summed E-state index contributed by atoms with van der Waals surface area (Å²) < 4.78 is 5.73. The van der Waals surface area contributed by atoms with Crippen LogP contribution in [0, 0.1) is 0 Å². The number of fused-ring (bicyclic) bond motifs is 1. The summed E-state index contributed by atoms with van der Waals surface area (Å²) in [5, 5.41) is 2.89. The molecule has 2 aliphatic rings. The number of carbonyl (C=O) groups is 2. The second kappa shape index (κ2) is 6.18. The molecule has 0 bridgehead atoms. The summed E-state index contributed by atoms with van der Waals surface area (Å²) >= 11 is 0. The van der Waals surface area contributed by atoms with E-state index in [2.05, 4.69) is 10.2 Å². The van der Waals surface area contributed by atoms with E-state index < -0.39 is 5.54 Å². The number of hydrogen-bond donors (Lipinski definition) is 1. The van der Waals surface area contributed by atoms with Crippen LogP contribution in [0.5, 0.6) is 0 Å². The molecule has 0 radical (unpaired) electrons. The number of anilines is 2. The Kier molecular flexibility index (Phi) is 4.36. The van der Waals surface area contributed by atoms with Gasteiger partial charge in [0.2, 0.25) is 11.8 Å². The van der Waals surface area contributed by atoms with Crippen LogP contribution in [0.2, 0.25) is 0 Å². The van der Waals surface area contributed by atoms with E-state index >= 15 is 0 Å². The van der Waals surface area contributed by atoms with E-state index in [0.29, 0.717) is 5.69 Å². The molecule has 1 N–H and O–H groups in total. The molecule has 0 saturated carbocycles. The molecule has 0 aliphatic carbocycles. The van der Waals surface area contributed by atoms with Crippen LogP contribution in [0.4, 0.5) is 11.4 Å². The summed E-state index contributed by atoms with van der Waals surface area (Å²) in [5.41, 5.74) is 0.509. The number of rotatable bonds is 2. The van der Waals surface area contributed by atoms with Gasteiger partial charge < -0.3 is 10.1 Å². The predicted octanol–water partition coefficient (Wildman–Crippen LogP) is 1.86. The van der Waals surface area contributed by atoms with Gasteiger partial charge in [-0.05, 0) is 39.8 Å². The third kappa shape index (κ3) is 3.03. The number of morpholine rings is 1. The van der Waals surface area contributed by atoms with Crippen LogP contribution in [0.25, 0.3) is 0 Å². The van der Waals surface area contributed by atoms with E-state index in [-0.39, 0.29) is 30.6 Å². The molecule has 0 aromatic heterocycles. The largest absolute Gasteiger partial charge is 0.373 e. The Morgan fingerprint density at radius 1 is 1.25 bits per heavy atom. The Balaban J connectivity index is 1.86. The minimum absolute atomic E-state index is 0.0661. The highest BCUT2D eigenvalue weighted by molar-refractivity contribution is 6.14. The van der Waals surface area contributed by atoms with Crippen molar-refractivity contribution >= 4 is 23.2 Å². The van der Waals surface area contributed by atoms with Gasteiger partial charge in [0.05, 0.1) is 30.1 Å². The van der Waals surface area contributed by atoms with Crippen LogP contribution in [0.1, 0.15) is 27.7 Å². The summed E-state index contributed by atoms with van der Waals surface area (Å²) in [6.07, 6.45) is 0.206. The molecule has 2 amide bonds. The Bertz CT molecular complexity index is 649. The molecular weight excluding hydrogens is 306 g/mol. The maximum absolute atomic E-state index is 13.1. The van der Waals surface area contributed by atoms with Gasteiger partial charge in [-0.1, -0.05) is 12.1 Å². The average molecular weight is 331 g/mol. The lowest BCUT2D eigenvalue weighted by atomic mass is 9.96. The zero-order chi connectivity index (χ0) is 17.5. The molecule has 0 unspecified atom stereocenters. The molecule has 1 fully saturated rings. The molecule has 1 aromatic carbocycles. The third-order valence-corrected chi connectivity index (χ3v) is 4.61. The summed E-state index contributed by atoms with van der Waals surface area (Å²) in [6, 6.07) is 7.43. The average Bonchev–Trinajstić information content (AvgIpc) is 2.46. The second-order valence-corrected chi connectivity index (χ2v) is 7.21. The predicted molar refractivity (Wildman–Crippen MR) is 93.1 cm³/mol. The molecule has 3 rings (SSSR count). The Morgan fingerprint density at radius 3 is 2.54 bits per heavy atom. The van der Waals surface area contributed by atoms with E-state index in [0.717, 1.165) is 18.8 Å². The van der Waals surface area contributed by atoms with E-state index in [1.807, 2.05) is 38.1 Å². The zero-order valence-electron chi connectivity index (χ0n) is 14.7. The van der Waals surface area contributed by atoms with Gasteiger partial charge in [-0.2, -0.15) is 0 Å². The van der Waals surface area contributed by atoms with Gasteiger partial charge >= 0.3 is 0 Å². The SMILES string of the molecule is C[C@@H]1CN(CC(=O)N2c3ccccc3NC(=O)C2(C)C)C[C@H](C)O1. The number of benzene rings is 1. The minimum Gasteiger partial charge on any atom is -0.373 e. The van der Waals surface area contributed by atoms with Crippen LogP contribution in [-0.2, 0) is 14.3 Å². The number of amides is 2. The van der Waals surface area contributed by atoms with Crippen molar-refractivity contribution in [1.29, 1.82) is 0 Å². The maximum atomic E-state index is 13.1. The fraction of sp³-hybridized carbons (Fsp3) is 0.556. The first-order chi connectivity index (χ1) is 11.3. The number of carbonyl (C=O) groups excluding carboxylic acids is 2. The molecule has 2 heterocycles. The van der Waals surface area contributed by atoms with Crippen molar-refractivity contribution in [1.82, 2.24) is 4.90 Å². The van der Waals surface area contributed by atoms with Crippen molar-refractivity contribution < 1.29 is 14.3 Å². The Morgan fingerprint density at radius 2 is 1.88 bits per heavy atom. The quantitative estimate of drug-likeness (QED) is 0.898. The van der Waals surface area contributed by atoms with Gasteiger partial charge in [-0.25, -0.2) is 0 Å². The standard InChI is InChI=1S/C18H25N3O3/c1-12-9-20(10-13(2)24-12)11-16(22)21-15-8-6-5-7-14(15)19-17(23)18(21,3)4/h5-8,12-13H,9-11H2,1-4H3,(H,19,23)/t12-,13+. The van der Waals surface area contributed by atoms with Crippen LogP contribution in [0.15, 0.2) is 24.3 Å². The molecular formula is C18H25N3O3.